The number of carbonyl (C=O) groups is 1. The highest BCUT2D eigenvalue weighted by Crippen LogP contribution is 2.30. The van der Waals surface area contributed by atoms with Gasteiger partial charge in [-0.2, -0.15) is 0 Å². The second kappa shape index (κ2) is 5.85. The van der Waals surface area contributed by atoms with E-state index in [0.29, 0.717) is 13.0 Å². The minimum Gasteiger partial charge on any atom is -0.364 e. The standard InChI is InChI=1S/C16H21NO2/c18-15-8-9-17(10-13-6-7-13)11-16(15)19-12-14-4-2-1-3-5-14/h1-5,13,16H,6-12H2. The van der Waals surface area contributed by atoms with Gasteiger partial charge in [-0.15, -0.1) is 0 Å². The largest absolute Gasteiger partial charge is 0.364 e. The van der Waals surface area contributed by atoms with Gasteiger partial charge in [-0.05, 0) is 24.3 Å². The highest BCUT2D eigenvalue weighted by molar-refractivity contribution is 5.84. The maximum atomic E-state index is 11.9. The number of ketones is 1. The Bertz CT molecular complexity index is 428. The number of benzene rings is 1. The summed E-state index contributed by atoms with van der Waals surface area (Å²) >= 11 is 0. The zero-order valence-corrected chi connectivity index (χ0v) is 11.3. The minimum atomic E-state index is -0.229. The number of likely N-dealkylation sites (tertiary alicyclic amines) is 1. The molecule has 3 heteroatoms. The Labute approximate surface area is 114 Å². The molecule has 1 aromatic carbocycles. The summed E-state index contributed by atoms with van der Waals surface area (Å²) in [6.07, 6.45) is 3.14. The first-order valence-corrected chi connectivity index (χ1v) is 7.22. The molecule has 1 saturated heterocycles. The average Bonchev–Trinajstić information content (AvgIpc) is 3.24. The van der Waals surface area contributed by atoms with Crippen molar-refractivity contribution in [3.05, 3.63) is 35.9 Å². The first kappa shape index (κ1) is 12.8. The van der Waals surface area contributed by atoms with E-state index in [-0.39, 0.29) is 11.9 Å². The Morgan fingerprint density at radius 2 is 2.00 bits per heavy atom. The van der Waals surface area contributed by atoms with Crippen molar-refractivity contribution < 1.29 is 9.53 Å². The molecule has 2 aliphatic rings. The van der Waals surface area contributed by atoms with Crippen LogP contribution in [0, 0.1) is 5.92 Å². The Morgan fingerprint density at radius 3 is 2.74 bits per heavy atom. The van der Waals surface area contributed by atoms with Gasteiger partial charge in [0.1, 0.15) is 6.10 Å². The molecule has 102 valence electrons. The highest BCUT2D eigenvalue weighted by Gasteiger charge is 2.31. The fourth-order valence-electron chi connectivity index (χ4n) is 2.61. The van der Waals surface area contributed by atoms with Gasteiger partial charge in [0, 0.05) is 26.1 Å². The molecule has 19 heavy (non-hydrogen) atoms. The van der Waals surface area contributed by atoms with Crippen LogP contribution in [0.4, 0.5) is 0 Å². The third kappa shape index (κ3) is 3.64. The zero-order chi connectivity index (χ0) is 13.1. The molecule has 0 spiro atoms. The maximum Gasteiger partial charge on any atom is 0.164 e. The fraction of sp³-hybridized carbons (Fsp3) is 0.562. The van der Waals surface area contributed by atoms with Crippen molar-refractivity contribution >= 4 is 5.78 Å². The molecule has 3 nitrogen and oxygen atoms in total. The summed E-state index contributed by atoms with van der Waals surface area (Å²) in [6.45, 7) is 3.38. The van der Waals surface area contributed by atoms with Crippen LogP contribution in [-0.2, 0) is 16.1 Å². The average molecular weight is 259 g/mol. The monoisotopic (exact) mass is 259 g/mol. The van der Waals surface area contributed by atoms with Crippen LogP contribution in [0.15, 0.2) is 30.3 Å². The number of carbonyl (C=O) groups excluding carboxylic acids is 1. The summed E-state index contributed by atoms with van der Waals surface area (Å²) in [4.78, 5) is 14.3. The van der Waals surface area contributed by atoms with Gasteiger partial charge in [0.15, 0.2) is 5.78 Å². The van der Waals surface area contributed by atoms with Crippen LogP contribution in [0.25, 0.3) is 0 Å². The van der Waals surface area contributed by atoms with Gasteiger partial charge >= 0.3 is 0 Å². The fourth-order valence-corrected chi connectivity index (χ4v) is 2.61. The molecule has 2 fully saturated rings. The van der Waals surface area contributed by atoms with E-state index in [1.54, 1.807) is 0 Å². The summed E-state index contributed by atoms with van der Waals surface area (Å²) in [6, 6.07) is 10.1. The second-order valence-corrected chi connectivity index (χ2v) is 5.70. The zero-order valence-electron chi connectivity index (χ0n) is 11.3. The van der Waals surface area contributed by atoms with Crippen LogP contribution in [0.1, 0.15) is 24.8 Å². The second-order valence-electron chi connectivity index (χ2n) is 5.70. The molecule has 1 aliphatic heterocycles. The molecular weight excluding hydrogens is 238 g/mol. The molecule has 1 aromatic rings. The van der Waals surface area contributed by atoms with Gasteiger partial charge in [0.25, 0.3) is 0 Å². The Morgan fingerprint density at radius 1 is 1.21 bits per heavy atom. The number of hydrogen-bond donors (Lipinski definition) is 0. The van der Waals surface area contributed by atoms with Crippen LogP contribution in [0.3, 0.4) is 0 Å². The van der Waals surface area contributed by atoms with Gasteiger partial charge in [-0.3, -0.25) is 9.69 Å². The van der Waals surface area contributed by atoms with Crippen molar-refractivity contribution in [1.29, 1.82) is 0 Å². The van der Waals surface area contributed by atoms with Crippen molar-refractivity contribution in [1.82, 2.24) is 4.90 Å². The number of hydrogen-bond acceptors (Lipinski definition) is 3. The topological polar surface area (TPSA) is 29.5 Å². The van der Waals surface area contributed by atoms with Crippen LogP contribution >= 0.6 is 0 Å². The minimum absolute atomic E-state index is 0.229. The predicted octanol–water partition coefficient (Wildman–Crippen LogP) is 2.26. The molecular formula is C16H21NO2. The quantitative estimate of drug-likeness (QED) is 0.812. The maximum absolute atomic E-state index is 11.9. The first-order chi connectivity index (χ1) is 9.31. The van der Waals surface area contributed by atoms with Gasteiger partial charge in [0.2, 0.25) is 0 Å². The van der Waals surface area contributed by atoms with Crippen molar-refractivity contribution in [2.75, 3.05) is 19.6 Å². The van der Waals surface area contributed by atoms with Gasteiger partial charge in [0.05, 0.1) is 6.61 Å². The third-order valence-corrected chi connectivity index (χ3v) is 3.96. The first-order valence-electron chi connectivity index (χ1n) is 7.22. The number of rotatable bonds is 5. The lowest BCUT2D eigenvalue weighted by atomic mass is 10.1. The van der Waals surface area contributed by atoms with Crippen LogP contribution in [0.2, 0.25) is 0 Å². The molecule has 0 radical (unpaired) electrons. The summed E-state index contributed by atoms with van der Waals surface area (Å²) in [5.41, 5.74) is 1.13. The Balaban J connectivity index is 1.51. The predicted molar refractivity (Wildman–Crippen MR) is 73.8 cm³/mol. The molecule has 1 aliphatic carbocycles. The van der Waals surface area contributed by atoms with E-state index in [1.165, 1.54) is 12.8 Å². The van der Waals surface area contributed by atoms with E-state index in [4.69, 9.17) is 4.74 Å². The van der Waals surface area contributed by atoms with Crippen molar-refractivity contribution in [3.63, 3.8) is 0 Å². The summed E-state index contributed by atoms with van der Waals surface area (Å²) in [5, 5.41) is 0. The van der Waals surface area contributed by atoms with Crippen molar-refractivity contribution in [3.8, 4) is 0 Å². The van der Waals surface area contributed by atoms with E-state index in [2.05, 4.69) is 4.90 Å². The lowest BCUT2D eigenvalue weighted by molar-refractivity contribution is -0.136. The number of Topliss-reactive ketones (excluding diaryl/α,β-unsaturated/α-hetero) is 1. The molecule has 0 aromatic heterocycles. The third-order valence-electron chi connectivity index (χ3n) is 3.96. The number of nitrogens with zero attached hydrogens (tertiary/aromatic N) is 1. The molecule has 0 amide bonds. The van der Waals surface area contributed by atoms with Gasteiger partial charge < -0.3 is 4.74 Å². The normalized spacial score (nSPS) is 24.6. The van der Waals surface area contributed by atoms with Crippen LogP contribution < -0.4 is 0 Å². The smallest absolute Gasteiger partial charge is 0.164 e. The summed E-state index contributed by atoms with van der Waals surface area (Å²) in [5.74, 6) is 1.14. The molecule has 1 heterocycles. The SMILES string of the molecule is O=C1CCN(CC2CC2)CC1OCc1ccccc1. The number of piperidine rings is 1. The summed E-state index contributed by atoms with van der Waals surface area (Å²) < 4.78 is 5.82. The lowest BCUT2D eigenvalue weighted by Crippen LogP contribution is -2.46. The Kier molecular flexibility index (Phi) is 3.95. The molecule has 0 bridgehead atoms. The molecule has 1 saturated carbocycles. The van der Waals surface area contributed by atoms with Gasteiger partial charge in [-0.25, -0.2) is 0 Å². The number of ether oxygens (including phenoxy) is 1. The molecule has 1 atom stereocenters. The van der Waals surface area contributed by atoms with Crippen LogP contribution in [-0.4, -0.2) is 36.4 Å². The van der Waals surface area contributed by atoms with Crippen molar-refractivity contribution in [2.24, 2.45) is 5.92 Å². The van der Waals surface area contributed by atoms with E-state index < -0.39 is 0 Å². The molecule has 0 N–H and O–H groups in total. The van der Waals surface area contributed by atoms with Crippen molar-refractivity contribution in [2.45, 2.75) is 32.0 Å². The summed E-state index contributed by atoms with van der Waals surface area (Å²) in [7, 11) is 0. The van der Waals surface area contributed by atoms with Gasteiger partial charge in [-0.1, -0.05) is 30.3 Å². The van der Waals surface area contributed by atoms with E-state index in [0.717, 1.165) is 31.1 Å². The van der Waals surface area contributed by atoms with E-state index in [9.17, 15) is 4.79 Å². The molecule has 3 rings (SSSR count). The lowest BCUT2D eigenvalue weighted by Gasteiger charge is -2.31. The van der Waals surface area contributed by atoms with E-state index >= 15 is 0 Å². The molecule has 1 unspecified atom stereocenters. The highest BCUT2D eigenvalue weighted by atomic mass is 16.5. The van der Waals surface area contributed by atoms with Crippen LogP contribution in [0.5, 0.6) is 0 Å². The Hall–Kier alpha value is -1.19. The van der Waals surface area contributed by atoms with E-state index in [1.807, 2.05) is 30.3 Å².